The lowest BCUT2D eigenvalue weighted by Gasteiger charge is -1.91. The van der Waals surface area contributed by atoms with E-state index in [0.29, 0.717) is 0 Å². The van der Waals surface area contributed by atoms with E-state index in [-0.39, 0.29) is 0 Å². The molecule has 0 heterocycles. The second kappa shape index (κ2) is 7.98. The summed E-state index contributed by atoms with van der Waals surface area (Å²) in [6.45, 7) is 2.20. The molecule has 1 heteroatoms. The van der Waals surface area contributed by atoms with Gasteiger partial charge in [0, 0.05) is 6.21 Å². The van der Waals surface area contributed by atoms with Crippen molar-refractivity contribution < 1.29 is 0 Å². The lowest BCUT2D eigenvalue weighted by atomic mass is 10.2. The molecular formula is C14H19N. The van der Waals surface area contributed by atoms with Gasteiger partial charge in [-0.25, -0.2) is 0 Å². The summed E-state index contributed by atoms with van der Waals surface area (Å²) in [5, 5.41) is 0. The van der Waals surface area contributed by atoms with Crippen LogP contribution in [0.25, 0.3) is 0 Å². The molecule has 0 aliphatic rings. The van der Waals surface area contributed by atoms with Crippen LogP contribution in [0.15, 0.2) is 47.5 Å². The van der Waals surface area contributed by atoms with Crippen molar-refractivity contribution in [3.05, 3.63) is 42.5 Å². The zero-order valence-electron chi connectivity index (χ0n) is 9.39. The normalized spacial score (nSPS) is 11.5. The third-order valence-corrected chi connectivity index (χ3v) is 2.08. The van der Waals surface area contributed by atoms with Gasteiger partial charge in [0.2, 0.25) is 0 Å². The van der Waals surface area contributed by atoms with Crippen LogP contribution >= 0.6 is 0 Å². The lowest BCUT2D eigenvalue weighted by molar-refractivity contribution is 0.948. The molecule has 0 amide bonds. The monoisotopic (exact) mass is 201 g/mol. The summed E-state index contributed by atoms with van der Waals surface area (Å²) in [5.74, 6) is 0. The molecule has 0 saturated carbocycles. The van der Waals surface area contributed by atoms with Gasteiger partial charge in [0.1, 0.15) is 0 Å². The maximum atomic E-state index is 4.37. The van der Waals surface area contributed by atoms with Crippen LogP contribution in [-0.2, 0) is 0 Å². The van der Waals surface area contributed by atoms with Crippen LogP contribution < -0.4 is 0 Å². The fraction of sp³-hybridized carbons (Fsp3) is 0.357. The summed E-state index contributed by atoms with van der Waals surface area (Å²) >= 11 is 0. The molecule has 1 rings (SSSR count). The molecule has 0 saturated heterocycles. The Morgan fingerprint density at radius 1 is 1.00 bits per heavy atom. The Morgan fingerprint density at radius 3 is 2.47 bits per heavy atom. The summed E-state index contributed by atoms with van der Waals surface area (Å²) in [6.07, 6.45) is 11.0. The predicted molar refractivity (Wildman–Crippen MR) is 67.9 cm³/mol. The fourth-order valence-electron chi connectivity index (χ4n) is 1.26. The summed E-state index contributed by atoms with van der Waals surface area (Å²) in [7, 11) is 0. The number of unbranched alkanes of at least 4 members (excludes halogenated alkanes) is 2. The van der Waals surface area contributed by atoms with Gasteiger partial charge < -0.3 is 0 Å². The number of nitrogens with zero attached hydrogens (tertiary/aromatic N) is 1. The van der Waals surface area contributed by atoms with Gasteiger partial charge in [-0.2, -0.15) is 0 Å². The van der Waals surface area contributed by atoms with Crippen molar-refractivity contribution in [3.8, 4) is 0 Å². The molecule has 0 bridgehead atoms. The molecule has 0 fully saturated rings. The van der Waals surface area contributed by atoms with Gasteiger partial charge >= 0.3 is 0 Å². The zero-order chi connectivity index (χ0) is 10.8. The maximum absolute atomic E-state index is 4.37. The standard InChI is InChI=1S/C14H19N/c1-2-3-4-5-6-10-13-15-14-11-8-7-9-12-14/h4-5,7-9,11-13H,2-3,6,10H2,1H3/b5-4+,15-13?. The van der Waals surface area contributed by atoms with Crippen LogP contribution in [0.1, 0.15) is 32.6 Å². The first-order valence-electron chi connectivity index (χ1n) is 5.66. The van der Waals surface area contributed by atoms with Crippen molar-refractivity contribution >= 4 is 11.9 Å². The van der Waals surface area contributed by atoms with Gasteiger partial charge in [-0.05, 0) is 31.4 Å². The van der Waals surface area contributed by atoms with Crippen molar-refractivity contribution in [1.82, 2.24) is 0 Å². The van der Waals surface area contributed by atoms with E-state index in [4.69, 9.17) is 0 Å². The Labute approximate surface area is 92.6 Å². The molecule has 1 aromatic rings. The van der Waals surface area contributed by atoms with Crippen LogP contribution in [0.2, 0.25) is 0 Å². The lowest BCUT2D eigenvalue weighted by Crippen LogP contribution is -1.73. The van der Waals surface area contributed by atoms with E-state index in [9.17, 15) is 0 Å². The molecule has 0 unspecified atom stereocenters. The Kier molecular flexibility index (Phi) is 6.23. The summed E-state index contributed by atoms with van der Waals surface area (Å²) in [6, 6.07) is 10.1. The number of hydrogen-bond acceptors (Lipinski definition) is 1. The van der Waals surface area contributed by atoms with Gasteiger partial charge in [-0.3, -0.25) is 4.99 Å². The van der Waals surface area contributed by atoms with E-state index in [2.05, 4.69) is 24.1 Å². The first kappa shape index (κ1) is 11.7. The highest BCUT2D eigenvalue weighted by Crippen LogP contribution is 2.08. The van der Waals surface area contributed by atoms with Crippen LogP contribution in [-0.4, -0.2) is 6.21 Å². The average molecular weight is 201 g/mol. The Bertz CT molecular complexity index is 298. The van der Waals surface area contributed by atoms with Crippen molar-refractivity contribution in [2.75, 3.05) is 0 Å². The first-order chi connectivity index (χ1) is 7.43. The van der Waals surface area contributed by atoms with Crippen molar-refractivity contribution in [3.63, 3.8) is 0 Å². The Balaban J connectivity index is 2.17. The minimum Gasteiger partial charge on any atom is -0.261 e. The van der Waals surface area contributed by atoms with E-state index >= 15 is 0 Å². The molecule has 0 aliphatic heterocycles. The fourth-order valence-corrected chi connectivity index (χ4v) is 1.26. The molecule has 0 atom stereocenters. The van der Waals surface area contributed by atoms with Gasteiger partial charge in [0.15, 0.2) is 0 Å². The summed E-state index contributed by atoms with van der Waals surface area (Å²) in [5.41, 5.74) is 1.04. The number of hydrogen-bond donors (Lipinski definition) is 0. The van der Waals surface area contributed by atoms with Crippen LogP contribution in [0, 0.1) is 0 Å². The minimum absolute atomic E-state index is 1.02. The highest BCUT2D eigenvalue weighted by Gasteiger charge is 1.82. The van der Waals surface area contributed by atoms with E-state index in [1.54, 1.807) is 0 Å². The highest BCUT2D eigenvalue weighted by molar-refractivity contribution is 5.63. The van der Waals surface area contributed by atoms with Gasteiger partial charge in [-0.1, -0.05) is 43.7 Å². The van der Waals surface area contributed by atoms with E-state index in [0.717, 1.165) is 18.5 Å². The predicted octanol–water partition coefficient (Wildman–Crippen LogP) is 4.53. The van der Waals surface area contributed by atoms with Crippen molar-refractivity contribution in [2.45, 2.75) is 32.6 Å². The summed E-state index contributed by atoms with van der Waals surface area (Å²) in [4.78, 5) is 4.37. The third-order valence-electron chi connectivity index (χ3n) is 2.08. The van der Waals surface area contributed by atoms with E-state index in [1.165, 1.54) is 12.8 Å². The molecule has 1 aromatic carbocycles. The average Bonchev–Trinajstić information content (AvgIpc) is 2.29. The van der Waals surface area contributed by atoms with Crippen molar-refractivity contribution in [1.29, 1.82) is 0 Å². The number of allylic oxidation sites excluding steroid dienone is 2. The Hall–Kier alpha value is -1.37. The molecule has 0 radical (unpaired) electrons. The molecule has 15 heavy (non-hydrogen) atoms. The quantitative estimate of drug-likeness (QED) is 0.364. The number of rotatable bonds is 6. The second-order valence-corrected chi connectivity index (χ2v) is 3.48. The molecule has 0 aromatic heterocycles. The largest absolute Gasteiger partial charge is 0.261 e. The zero-order valence-corrected chi connectivity index (χ0v) is 9.39. The molecule has 0 N–H and O–H groups in total. The number of aliphatic imine (C=N–C) groups is 1. The van der Waals surface area contributed by atoms with E-state index < -0.39 is 0 Å². The Morgan fingerprint density at radius 2 is 1.73 bits per heavy atom. The number of benzene rings is 1. The molecular weight excluding hydrogens is 182 g/mol. The van der Waals surface area contributed by atoms with Crippen LogP contribution in [0.3, 0.4) is 0 Å². The second-order valence-electron chi connectivity index (χ2n) is 3.48. The smallest absolute Gasteiger partial charge is 0.0625 e. The van der Waals surface area contributed by atoms with Crippen LogP contribution in [0.4, 0.5) is 5.69 Å². The van der Waals surface area contributed by atoms with Crippen molar-refractivity contribution in [2.24, 2.45) is 4.99 Å². The number of para-hydroxylation sites is 1. The van der Waals surface area contributed by atoms with Gasteiger partial charge in [0.25, 0.3) is 0 Å². The third kappa shape index (κ3) is 5.84. The molecule has 0 aliphatic carbocycles. The van der Waals surface area contributed by atoms with Gasteiger partial charge in [-0.15, -0.1) is 0 Å². The molecule has 80 valence electrons. The SMILES string of the molecule is CCC/C=C/CCC=Nc1ccccc1. The highest BCUT2D eigenvalue weighted by atomic mass is 14.7. The maximum Gasteiger partial charge on any atom is 0.0625 e. The first-order valence-corrected chi connectivity index (χ1v) is 5.66. The van der Waals surface area contributed by atoms with E-state index in [1.807, 2.05) is 36.5 Å². The minimum atomic E-state index is 1.02. The van der Waals surface area contributed by atoms with Crippen LogP contribution in [0.5, 0.6) is 0 Å². The molecule has 0 spiro atoms. The molecule has 1 nitrogen and oxygen atoms in total. The van der Waals surface area contributed by atoms with Gasteiger partial charge in [0.05, 0.1) is 5.69 Å². The topological polar surface area (TPSA) is 12.4 Å². The summed E-state index contributed by atoms with van der Waals surface area (Å²) < 4.78 is 0.